The van der Waals surface area contributed by atoms with Crippen molar-refractivity contribution in [2.24, 2.45) is 0 Å². The van der Waals surface area contributed by atoms with E-state index in [1.165, 1.54) is 0 Å². The second-order valence-electron chi connectivity index (χ2n) is 6.03. The van der Waals surface area contributed by atoms with E-state index in [1.807, 2.05) is 12.1 Å². The van der Waals surface area contributed by atoms with Crippen LogP contribution in [0.3, 0.4) is 0 Å². The average molecular weight is 351 g/mol. The zero-order valence-electron chi connectivity index (χ0n) is 13.9. The summed E-state index contributed by atoms with van der Waals surface area (Å²) in [7, 11) is 0. The largest absolute Gasteiger partial charge is 0.379 e. The first-order chi connectivity index (χ1) is 11.8. The Morgan fingerprint density at radius 3 is 2.92 bits per heavy atom. The number of thioether (sulfide) groups is 1. The molecule has 2 aliphatic heterocycles. The summed E-state index contributed by atoms with van der Waals surface area (Å²) in [6, 6.07) is 3.76. The predicted molar refractivity (Wildman–Crippen MR) is 93.5 cm³/mol. The molecule has 0 bridgehead atoms. The number of hydrogen-bond donors (Lipinski definition) is 1. The van der Waals surface area contributed by atoms with E-state index in [-0.39, 0.29) is 12.0 Å². The van der Waals surface area contributed by atoms with Crippen molar-refractivity contribution in [3.05, 3.63) is 23.9 Å². The number of carbonyl (C=O) groups excluding carboxylic acids is 1. The van der Waals surface area contributed by atoms with Crippen LogP contribution >= 0.6 is 11.8 Å². The van der Waals surface area contributed by atoms with Crippen molar-refractivity contribution in [1.82, 2.24) is 15.2 Å². The van der Waals surface area contributed by atoms with Crippen molar-refractivity contribution in [3.8, 4) is 0 Å². The quantitative estimate of drug-likeness (QED) is 0.750. The molecule has 1 atom stereocenters. The van der Waals surface area contributed by atoms with Crippen molar-refractivity contribution in [2.45, 2.75) is 24.0 Å². The maximum atomic E-state index is 12.1. The molecule has 0 saturated carbocycles. The Bertz CT molecular complexity index is 514. The van der Waals surface area contributed by atoms with Gasteiger partial charge in [0.25, 0.3) is 5.91 Å². The van der Waals surface area contributed by atoms with Crippen LogP contribution in [0.25, 0.3) is 0 Å². The van der Waals surface area contributed by atoms with Gasteiger partial charge in [0.05, 0.1) is 29.9 Å². The third-order valence-corrected chi connectivity index (χ3v) is 5.20. The summed E-state index contributed by atoms with van der Waals surface area (Å²) in [5.41, 5.74) is 0.602. The normalized spacial score (nSPS) is 21.8. The highest BCUT2D eigenvalue weighted by Gasteiger charge is 2.16. The Hall–Kier alpha value is -1.15. The molecule has 1 aromatic heterocycles. The van der Waals surface area contributed by atoms with Crippen LogP contribution < -0.4 is 5.32 Å². The number of pyridine rings is 1. The SMILES string of the molecule is O=C(NCC1CCCO1)c1ccc(SCCN2CCOCC2)nc1. The predicted octanol–water partition coefficient (Wildman–Crippen LogP) is 1.41. The van der Waals surface area contributed by atoms with E-state index >= 15 is 0 Å². The summed E-state index contributed by atoms with van der Waals surface area (Å²) in [6.07, 6.45) is 3.93. The van der Waals surface area contributed by atoms with E-state index < -0.39 is 0 Å². The Balaban J connectivity index is 1.38. The lowest BCUT2D eigenvalue weighted by Crippen LogP contribution is -2.37. The molecule has 1 aromatic rings. The number of hydrogen-bond acceptors (Lipinski definition) is 6. The molecule has 0 aromatic carbocycles. The van der Waals surface area contributed by atoms with Gasteiger partial charge < -0.3 is 14.8 Å². The van der Waals surface area contributed by atoms with Gasteiger partial charge in [-0.2, -0.15) is 0 Å². The highest BCUT2D eigenvalue weighted by Crippen LogP contribution is 2.16. The van der Waals surface area contributed by atoms with Gasteiger partial charge in [-0.25, -0.2) is 4.98 Å². The van der Waals surface area contributed by atoms with E-state index in [1.54, 1.807) is 18.0 Å². The number of nitrogens with one attached hydrogen (secondary N) is 1. The number of ether oxygens (including phenoxy) is 2. The topological polar surface area (TPSA) is 63.7 Å². The molecule has 1 N–H and O–H groups in total. The summed E-state index contributed by atoms with van der Waals surface area (Å²) >= 11 is 1.72. The third-order valence-electron chi connectivity index (χ3n) is 4.27. The van der Waals surface area contributed by atoms with Gasteiger partial charge in [0.15, 0.2) is 0 Å². The van der Waals surface area contributed by atoms with Crippen LogP contribution in [0.15, 0.2) is 23.4 Å². The van der Waals surface area contributed by atoms with E-state index in [9.17, 15) is 4.79 Å². The summed E-state index contributed by atoms with van der Waals surface area (Å²) in [5, 5.41) is 3.87. The van der Waals surface area contributed by atoms with Gasteiger partial charge in [-0.3, -0.25) is 9.69 Å². The first-order valence-electron chi connectivity index (χ1n) is 8.60. The van der Waals surface area contributed by atoms with Crippen molar-refractivity contribution in [1.29, 1.82) is 0 Å². The lowest BCUT2D eigenvalue weighted by Gasteiger charge is -2.26. The van der Waals surface area contributed by atoms with Crippen LogP contribution in [-0.2, 0) is 9.47 Å². The first kappa shape index (κ1) is 17.7. The molecule has 0 spiro atoms. The number of rotatable bonds is 7. The zero-order chi connectivity index (χ0) is 16.6. The van der Waals surface area contributed by atoms with Gasteiger partial charge in [-0.15, -0.1) is 11.8 Å². The maximum absolute atomic E-state index is 12.1. The van der Waals surface area contributed by atoms with E-state index in [4.69, 9.17) is 9.47 Å². The number of morpholine rings is 1. The zero-order valence-corrected chi connectivity index (χ0v) is 14.7. The summed E-state index contributed by atoms with van der Waals surface area (Å²) < 4.78 is 10.9. The molecule has 2 saturated heterocycles. The minimum absolute atomic E-state index is 0.0807. The lowest BCUT2D eigenvalue weighted by atomic mass is 10.2. The molecular weight excluding hydrogens is 326 g/mol. The minimum atomic E-state index is -0.0807. The Labute approximate surface area is 147 Å². The fourth-order valence-electron chi connectivity index (χ4n) is 2.82. The smallest absolute Gasteiger partial charge is 0.252 e. The van der Waals surface area contributed by atoms with Crippen LogP contribution in [0.4, 0.5) is 0 Å². The van der Waals surface area contributed by atoms with Crippen LogP contribution in [0.5, 0.6) is 0 Å². The number of aromatic nitrogens is 1. The molecular formula is C17H25N3O3S. The van der Waals surface area contributed by atoms with E-state index in [0.717, 1.165) is 63.1 Å². The molecule has 2 aliphatic rings. The number of nitrogens with zero attached hydrogens (tertiary/aromatic N) is 2. The summed E-state index contributed by atoms with van der Waals surface area (Å²) in [6.45, 7) is 6.11. The molecule has 0 aliphatic carbocycles. The lowest BCUT2D eigenvalue weighted by molar-refractivity contribution is 0.0410. The molecule has 2 fully saturated rings. The van der Waals surface area contributed by atoms with E-state index in [2.05, 4.69) is 15.2 Å². The Kier molecular flexibility index (Phi) is 6.89. The monoisotopic (exact) mass is 351 g/mol. The minimum Gasteiger partial charge on any atom is -0.379 e. The number of carbonyl (C=O) groups is 1. The molecule has 7 heteroatoms. The molecule has 132 valence electrons. The van der Waals surface area contributed by atoms with Crippen LogP contribution in [-0.4, -0.2) is 73.6 Å². The molecule has 6 nitrogen and oxygen atoms in total. The van der Waals surface area contributed by atoms with Gasteiger partial charge in [0.2, 0.25) is 0 Å². The van der Waals surface area contributed by atoms with Gasteiger partial charge in [0, 0.05) is 44.7 Å². The second-order valence-corrected chi connectivity index (χ2v) is 7.15. The third kappa shape index (κ3) is 5.44. The average Bonchev–Trinajstić information content (AvgIpc) is 3.15. The maximum Gasteiger partial charge on any atom is 0.252 e. The van der Waals surface area contributed by atoms with Crippen LogP contribution in [0.1, 0.15) is 23.2 Å². The Morgan fingerprint density at radius 1 is 1.33 bits per heavy atom. The highest BCUT2D eigenvalue weighted by molar-refractivity contribution is 7.99. The van der Waals surface area contributed by atoms with E-state index in [0.29, 0.717) is 12.1 Å². The molecule has 24 heavy (non-hydrogen) atoms. The standard InChI is InChI=1S/C17H25N3O3S/c21-17(19-13-15-2-1-8-23-15)14-3-4-16(18-12-14)24-11-7-20-5-9-22-10-6-20/h3-4,12,15H,1-2,5-11,13H2,(H,19,21). The van der Waals surface area contributed by atoms with Crippen molar-refractivity contribution in [3.63, 3.8) is 0 Å². The van der Waals surface area contributed by atoms with Gasteiger partial charge in [-0.1, -0.05) is 0 Å². The fraction of sp³-hybridized carbons (Fsp3) is 0.647. The van der Waals surface area contributed by atoms with Crippen molar-refractivity contribution < 1.29 is 14.3 Å². The van der Waals surface area contributed by atoms with Crippen molar-refractivity contribution in [2.75, 3.05) is 51.8 Å². The van der Waals surface area contributed by atoms with Crippen LogP contribution in [0, 0.1) is 0 Å². The first-order valence-corrected chi connectivity index (χ1v) is 9.58. The molecule has 3 rings (SSSR count). The summed E-state index contributed by atoms with van der Waals surface area (Å²) in [4.78, 5) is 18.9. The highest BCUT2D eigenvalue weighted by atomic mass is 32.2. The van der Waals surface area contributed by atoms with Gasteiger partial charge >= 0.3 is 0 Å². The summed E-state index contributed by atoms with van der Waals surface area (Å²) in [5.74, 6) is 0.917. The number of amides is 1. The van der Waals surface area contributed by atoms with Gasteiger partial charge in [-0.05, 0) is 25.0 Å². The fourth-order valence-corrected chi connectivity index (χ4v) is 3.67. The molecule has 1 unspecified atom stereocenters. The van der Waals surface area contributed by atoms with Gasteiger partial charge in [0.1, 0.15) is 0 Å². The Morgan fingerprint density at radius 2 is 2.21 bits per heavy atom. The van der Waals surface area contributed by atoms with Crippen LogP contribution in [0.2, 0.25) is 0 Å². The van der Waals surface area contributed by atoms with Crippen molar-refractivity contribution >= 4 is 17.7 Å². The second kappa shape index (κ2) is 9.36. The molecule has 0 radical (unpaired) electrons. The molecule has 1 amide bonds. The molecule has 3 heterocycles.